The molecule has 0 bridgehead atoms. The fourth-order valence-electron chi connectivity index (χ4n) is 6.54. The quantitative estimate of drug-likeness (QED) is 0.0433. The lowest BCUT2D eigenvalue weighted by Crippen LogP contribution is -2.45. The fraction of sp³-hybridized carbons (Fsp3) is 0.735. The molecule has 0 aliphatic carbocycles. The first-order chi connectivity index (χ1) is 26.2. The van der Waals surface area contributed by atoms with E-state index >= 15 is 0 Å². The molecule has 0 radical (unpaired) electrons. The number of unbranched alkanes of at least 4 members (excludes halogenated alkanes) is 21. The van der Waals surface area contributed by atoms with Gasteiger partial charge in [-0.15, -0.1) is 0 Å². The Morgan fingerprint density at radius 1 is 0.472 bits per heavy atom. The second kappa shape index (κ2) is 44.2. The number of allylic oxidation sites excluding steroid dienone is 12. The molecule has 0 aliphatic rings. The molecule has 4 heteroatoms. The zero-order chi connectivity index (χ0) is 38.6. The van der Waals surface area contributed by atoms with Crippen LogP contribution in [0, 0.1) is 0 Å². The van der Waals surface area contributed by atoms with Crippen molar-refractivity contribution in [2.75, 3.05) is 6.61 Å². The SMILES string of the molecule is CC/C=C\C/C=C\C/C=C\C/C=C\C/C=C\C/C=C\CCCCCCCCCCC(=O)NC(CO)C(O)CCCCCCCCCCCCCCCC. The number of aliphatic hydroxyl groups is 2. The maximum Gasteiger partial charge on any atom is 0.220 e. The van der Waals surface area contributed by atoms with Crippen LogP contribution in [0.25, 0.3) is 0 Å². The van der Waals surface area contributed by atoms with E-state index in [1.165, 1.54) is 122 Å². The Bertz CT molecular complexity index is 930. The lowest BCUT2D eigenvalue weighted by atomic mass is 10.0. The molecule has 0 heterocycles. The van der Waals surface area contributed by atoms with Gasteiger partial charge in [0.1, 0.15) is 0 Å². The van der Waals surface area contributed by atoms with Crippen LogP contribution >= 0.6 is 0 Å². The molecule has 0 aromatic carbocycles. The van der Waals surface area contributed by atoms with Crippen molar-refractivity contribution >= 4 is 5.91 Å². The second-order valence-corrected chi connectivity index (χ2v) is 15.1. The Morgan fingerprint density at radius 2 is 0.830 bits per heavy atom. The van der Waals surface area contributed by atoms with E-state index in [2.05, 4.69) is 92.1 Å². The average molecular weight is 738 g/mol. The molecule has 0 aromatic heterocycles. The summed E-state index contributed by atoms with van der Waals surface area (Å²) in [6.07, 6.45) is 62.6. The van der Waals surface area contributed by atoms with Crippen molar-refractivity contribution in [3.63, 3.8) is 0 Å². The summed E-state index contributed by atoms with van der Waals surface area (Å²) in [6.45, 7) is 4.23. The summed E-state index contributed by atoms with van der Waals surface area (Å²) in [5, 5.41) is 23.2. The highest BCUT2D eigenvalue weighted by molar-refractivity contribution is 5.76. The van der Waals surface area contributed by atoms with Crippen LogP contribution in [0.3, 0.4) is 0 Å². The van der Waals surface area contributed by atoms with Crippen molar-refractivity contribution < 1.29 is 15.0 Å². The van der Waals surface area contributed by atoms with Gasteiger partial charge in [0, 0.05) is 6.42 Å². The van der Waals surface area contributed by atoms with Crippen LogP contribution in [0.5, 0.6) is 0 Å². The van der Waals surface area contributed by atoms with Gasteiger partial charge in [-0.2, -0.15) is 0 Å². The van der Waals surface area contributed by atoms with E-state index in [0.29, 0.717) is 12.8 Å². The predicted octanol–water partition coefficient (Wildman–Crippen LogP) is 14.3. The third-order valence-corrected chi connectivity index (χ3v) is 9.98. The van der Waals surface area contributed by atoms with Crippen LogP contribution in [-0.2, 0) is 4.79 Å². The molecule has 0 saturated carbocycles. The number of carbonyl (C=O) groups is 1. The van der Waals surface area contributed by atoms with Crippen molar-refractivity contribution in [3.05, 3.63) is 72.9 Å². The Hall–Kier alpha value is -2.17. The third-order valence-electron chi connectivity index (χ3n) is 9.98. The monoisotopic (exact) mass is 738 g/mol. The lowest BCUT2D eigenvalue weighted by Gasteiger charge is -2.22. The standard InChI is InChI=1S/C49H87NO3/c1-3-5-7-9-11-13-15-17-19-20-21-22-23-24-25-26-27-28-29-30-31-33-35-37-39-41-43-45-49(53)50-47(46-51)48(52)44-42-40-38-36-34-32-18-16-14-12-10-8-6-4-2/h5,7,11,13,17,19,21-22,24-25,27-28,47-48,51-52H,3-4,6,8-10,12,14-16,18,20,23,26,29-46H2,1-2H3,(H,50,53)/b7-5-,13-11-,19-17-,22-21-,25-24-,28-27-. The minimum Gasteiger partial charge on any atom is -0.394 e. The smallest absolute Gasteiger partial charge is 0.220 e. The number of amides is 1. The Labute approximate surface area is 329 Å². The molecule has 53 heavy (non-hydrogen) atoms. The molecule has 0 aliphatic heterocycles. The van der Waals surface area contributed by atoms with Crippen LogP contribution in [0.1, 0.15) is 213 Å². The lowest BCUT2D eigenvalue weighted by molar-refractivity contribution is -0.123. The van der Waals surface area contributed by atoms with Crippen LogP contribution < -0.4 is 5.32 Å². The Morgan fingerprint density at radius 3 is 1.25 bits per heavy atom. The van der Waals surface area contributed by atoms with Gasteiger partial charge in [0.2, 0.25) is 5.91 Å². The molecule has 0 fully saturated rings. The normalized spacial score (nSPS) is 13.7. The number of hydrogen-bond donors (Lipinski definition) is 3. The van der Waals surface area contributed by atoms with Gasteiger partial charge in [0.05, 0.1) is 18.8 Å². The largest absolute Gasteiger partial charge is 0.394 e. The number of carbonyl (C=O) groups excluding carboxylic acids is 1. The second-order valence-electron chi connectivity index (χ2n) is 15.1. The summed E-state index contributed by atoms with van der Waals surface area (Å²) in [6, 6.07) is -0.544. The molecular formula is C49H87NO3. The molecule has 0 spiro atoms. The maximum atomic E-state index is 12.4. The molecule has 0 rings (SSSR count). The number of aliphatic hydroxyl groups excluding tert-OH is 2. The zero-order valence-electron chi connectivity index (χ0n) is 35.0. The summed E-state index contributed by atoms with van der Waals surface area (Å²) in [4.78, 5) is 12.4. The molecule has 1 amide bonds. The maximum absolute atomic E-state index is 12.4. The van der Waals surface area contributed by atoms with Gasteiger partial charge in [-0.05, 0) is 64.2 Å². The van der Waals surface area contributed by atoms with Crippen LogP contribution in [0.4, 0.5) is 0 Å². The van der Waals surface area contributed by atoms with Crippen LogP contribution in [0.15, 0.2) is 72.9 Å². The van der Waals surface area contributed by atoms with E-state index < -0.39 is 12.1 Å². The minimum atomic E-state index is -0.666. The Kier molecular flexibility index (Phi) is 42.4. The van der Waals surface area contributed by atoms with Gasteiger partial charge < -0.3 is 15.5 Å². The molecule has 0 saturated heterocycles. The van der Waals surface area contributed by atoms with Crippen LogP contribution in [-0.4, -0.2) is 34.9 Å². The first-order valence-corrected chi connectivity index (χ1v) is 22.6. The van der Waals surface area contributed by atoms with Crippen molar-refractivity contribution in [1.82, 2.24) is 5.32 Å². The van der Waals surface area contributed by atoms with Crippen molar-refractivity contribution in [3.8, 4) is 0 Å². The topological polar surface area (TPSA) is 69.6 Å². The molecule has 0 aromatic rings. The first-order valence-electron chi connectivity index (χ1n) is 22.6. The van der Waals surface area contributed by atoms with E-state index in [0.717, 1.165) is 64.2 Å². The fourth-order valence-corrected chi connectivity index (χ4v) is 6.54. The minimum absolute atomic E-state index is 0.0431. The molecule has 4 nitrogen and oxygen atoms in total. The van der Waals surface area contributed by atoms with Gasteiger partial charge in [0.25, 0.3) is 0 Å². The van der Waals surface area contributed by atoms with Gasteiger partial charge in [-0.25, -0.2) is 0 Å². The van der Waals surface area contributed by atoms with Crippen molar-refractivity contribution in [1.29, 1.82) is 0 Å². The van der Waals surface area contributed by atoms with Crippen LogP contribution in [0.2, 0.25) is 0 Å². The van der Waals surface area contributed by atoms with E-state index in [4.69, 9.17) is 0 Å². The molecule has 3 N–H and O–H groups in total. The highest BCUT2D eigenvalue weighted by atomic mass is 16.3. The zero-order valence-corrected chi connectivity index (χ0v) is 35.0. The first kappa shape index (κ1) is 50.8. The third kappa shape index (κ3) is 40.8. The van der Waals surface area contributed by atoms with Gasteiger partial charge in [-0.3, -0.25) is 4.79 Å². The Balaban J connectivity index is 3.58. The number of hydrogen-bond acceptors (Lipinski definition) is 3. The molecular weight excluding hydrogens is 651 g/mol. The van der Waals surface area contributed by atoms with E-state index in [1.807, 2.05) is 0 Å². The number of nitrogens with one attached hydrogen (secondary N) is 1. The van der Waals surface area contributed by atoms with Crippen molar-refractivity contribution in [2.45, 2.75) is 225 Å². The molecule has 306 valence electrons. The summed E-state index contributed by atoms with van der Waals surface area (Å²) >= 11 is 0. The predicted molar refractivity (Wildman–Crippen MR) is 234 cm³/mol. The molecule has 2 unspecified atom stereocenters. The highest BCUT2D eigenvalue weighted by Gasteiger charge is 2.20. The molecule has 2 atom stereocenters. The van der Waals surface area contributed by atoms with Gasteiger partial charge in [0.15, 0.2) is 0 Å². The number of rotatable bonds is 40. The van der Waals surface area contributed by atoms with E-state index in [-0.39, 0.29) is 12.5 Å². The van der Waals surface area contributed by atoms with Crippen molar-refractivity contribution in [2.24, 2.45) is 0 Å². The van der Waals surface area contributed by atoms with Gasteiger partial charge in [-0.1, -0.05) is 215 Å². The van der Waals surface area contributed by atoms with E-state index in [1.54, 1.807) is 0 Å². The van der Waals surface area contributed by atoms with Gasteiger partial charge >= 0.3 is 0 Å². The summed E-state index contributed by atoms with van der Waals surface area (Å²) < 4.78 is 0. The highest BCUT2D eigenvalue weighted by Crippen LogP contribution is 2.15. The summed E-state index contributed by atoms with van der Waals surface area (Å²) in [5.41, 5.74) is 0. The average Bonchev–Trinajstić information content (AvgIpc) is 3.16. The summed E-state index contributed by atoms with van der Waals surface area (Å²) in [7, 11) is 0. The van der Waals surface area contributed by atoms with E-state index in [9.17, 15) is 15.0 Å². The summed E-state index contributed by atoms with van der Waals surface area (Å²) in [5.74, 6) is -0.0431.